The van der Waals surface area contributed by atoms with E-state index in [-0.39, 0.29) is 42.1 Å². The number of alkyl halides is 5. The van der Waals surface area contributed by atoms with Crippen LogP contribution in [0.1, 0.15) is 30.0 Å². The molecule has 1 saturated heterocycles. The molecule has 2 atom stereocenters. The highest BCUT2D eigenvalue weighted by Gasteiger charge is 2.34. The van der Waals surface area contributed by atoms with E-state index in [9.17, 15) is 22.0 Å². The van der Waals surface area contributed by atoms with Crippen LogP contribution in [-0.4, -0.2) is 24.5 Å². The molecule has 166 valence electrons. The molecule has 2 aromatic rings. The molecule has 0 spiro atoms. The Morgan fingerprint density at radius 1 is 1.10 bits per heavy atom. The number of hydrogen-bond donors (Lipinski definition) is 1. The monoisotopic (exact) mass is 452 g/mol. The van der Waals surface area contributed by atoms with Crippen LogP contribution in [0.5, 0.6) is 11.5 Å². The highest BCUT2D eigenvalue weighted by atomic mass is 35.5. The van der Waals surface area contributed by atoms with E-state index < -0.39 is 18.7 Å². The normalized spacial score (nSPS) is 20.0. The second kappa shape index (κ2) is 10.3. The number of hydrazine groups is 1. The number of piperidine rings is 1. The van der Waals surface area contributed by atoms with Gasteiger partial charge in [0.1, 0.15) is 11.5 Å². The molecule has 0 unspecified atom stereocenters. The SMILES string of the molecule is Cl.NN1CCC[C@@H](Cc2cc(OC(F)(F)F)ccc2OC(F)F)[C@H]1c1ccccc1. The Hall–Kier alpha value is -2.10. The molecule has 0 aliphatic carbocycles. The first kappa shape index (κ1) is 24.2. The van der Waals surface area contributed by atoms with Gasteiger partial charge in [-0.05, 0) is 54.5 Å². The van der Waals surface area contributed by atoms with Crippen molar-refractivity contribution in [2.75, 3.05) is 6.54 Å². The van der Waals surface area contributed by atoms with Gasteiger partial charge >= 0.3 is 13.0 Å². The summed E-state index contributed by atoms with van der Waals surface area (Å²) < 4.78 is 71.8. The smallest absolute Gasteiger partial charge is 0.435 e. The first-order valence-corrected chi connectivity index (χ1v) is 9.12. The van der Waals surface area contributed by atoms with Crippen molar-refractivity contribution in [3.05, 3.63) is 59.7 Å². The molecule has 1 fully saturated rings. The average Bonchev–Trinajstić information content (AvgIpc) is 2.63. The molecule has 2 aromatic carbocycles. The van der Waals surface area contributed by atoms with Crippen molar-refractivity contribution in [1.29, 1.82) is 0 Å². The minimum atomic E-state index is -4.88. The molecule has 30 heavy (non-hydrogen) atoms. The molecule has 0 amide bonds. The van der Waals surface area contributed by atoms with Gasteiger partial charge < -0.3 is 9.47 Å². The van der Waals surface area contributed by atoms with Gasteiger partial charge in [-0.1, -0.05) is 30.3 Å². The number of hydrogen-bond acceptors (Lipinski definition) is 4. The molecule has 2 N–H and O–H groups in total. The largest absolute Gasteiger partial charge is 0.573 e. The molecule has 0 saturated carbocycles. The third-order valence-electron chi connectivity index (χ3n) is 4.90. The van der Waals surface area contributed by atoms with E-state index in [0.717, 1.165) is 36.6 Å². The van der Waals surface area contributed by atoms with Gasteiger partial charge in [0, 0.05) is 6.54 Å². The molecule has 0 radical (unpaired) electrons. The second-order valence-corrected chi connectivity index (χ2v) is 6.90. The van der Waals surface area contributed by atoms with Crippen molar-refractivity contribution in [3.63, 3.8) is 0 Å². The van der Waals surface area contributed by atoms with Gasteiger partial charge in [-0.15, -0.1) is 25.6 Å². The summed E-state index contributed by atoms with van der Waals surface area (Å²) in [5.41, 5.74) is 1.17. The lowest BCUT2D eigenvalue weighted by atomic mass is 9.81. The minimum Gasteiger partial charge on any atom is -0.435 e. The molecule has 10 heteroatoms. The number of nitrogens with zero attached hydrogens (tertiary/aromatic N) is 1. The molecule has 0 bridgehead atoms. The standard InChI is InChI=1S/C20H21F5N2O2.ClH/c21-19(22)28-17-9-8-16(29-20(23,24)25)12-15(17)11-14-7-4-10-27(26)18(14)13-5-2-1-3-6-13;/h1-3,5-6,8-9,12,14,18-19H,4,7,10-11,26H2;1H/t14-,18+;/m0./s1. The van der Waals surface area contributed by atoms with E-state index in [0.29, 0.717) is 6.54 Å². The Bertz CT molecular complexity index is 808. The fourth-order valence-corrected chi connectivity index (χ4v) is 3.84. The van der Waals surface area contributed by atoms with Crippen LogP contribution in [-0.2, 0) is 6.42 Å². The first-order chi connectivity index (χ1) is 13.7. The van der Waals surface area contributed by atoms with Crippen LogP contribution in [0, 0.1) is 5.92 Å². The fraction of sp³-hybridized carbons (Fsp3) is 0.400. The first-order valence-electron chi connectivity index (χ1n) is 9.12. The van der Waals surface area contributed by atoms with Crippen molar-refractivity contribution in [2.45, 2.75) is 38.3 Å². The van der Waals surface area contributed by atoms with Gasteiger partial charge in [0.2, 0.25) is 0 Å². The number of nitrogens with two attached hydrogens (primary N) is 1. The average molecular weight is 453 g/mol. The van der Waals surface area contributed by atoms with Crippen LogP contribution in [0.25, 0.3) is 0 Å². The molecular weight excluding hydrogens is 431 g/mol. The second-order valence-electron chi connectivity index (χ2n) is 6.90. The molecule has 0 aromatic heterocycles. The molecule has 4 nitrogen and oxygen atoms in total. The topological polar surface area (TPSA) is 47.7 Å². The number of ether oxygens (including phenoxy) is 2. The van der Waals surface area contributed by atoms with Crippen molar-refractivity contribution < 1.29 is 31.4 Å². The Morgan fingerprint density at radius 2 is 1.80 bits per heavy atom. The Labute approximate surface area is 177 Å². The predicted molar refractivity (Wildman–Crippen MR) is 104 cm³/mol. The molecule has 1 aliphatic heterocycles. The maximum Gasteiger partial charge on any atom is 0.573 e. The zero-order valence-electron chi connectivity index (χ0n) is 15.8. The summed E-state index contributed by atoms with van der Waals surface area (Å²) in [7, 11) is 0. The van der Waals surface area contributed by atoms with Crippen molar-refractivity contribution >= 4 is 12.4 Å². The van der Waals surface area contributed by atoms with Gasteiger partial charge in [-0.2, -0.15) is 8.78 Å². The maximum absolute atomic E-state index is 12.8. The lowest BCUT2D eigenvalue weighted by molar-refractivity contribution is -0.274. The van der Waals surface area contributed by atoms with Crippen molar-refractivity contribution in [1.82, 2.24) is 5.01 Å². The highest BCUT2D eigenvalue weighted by molar-refractivity contribution is 5.85. The zero-order valence-corrected chi connectivity index (χ0v) is 16.6. The minimum absolute atomic E-state index is 0. The van der Waals surface area contributed by atoms with E-state index in [1.54, 1.807) is 5.01 Å². The van der Waals surface area contributed by atoms with E-state index in [1.807, 2.05) is 30.3 Å². The molecule has 1 heterocycles. The summed E-state index contributed by atoms with van der Waals surface area (Å²) in [6.45, 7) is -2.43. The molecule has 1 aliphatic rings. The van der Waals surface area contributed by atoms with Gasteiger partial charge in [-0.3, -0.25) is 5.84 Å². The van der Waals surface area contributed by atoms with Gasteiger partial charge in [-0.25, -0.2) is 5.01 Å². The van der Waals surface area contributed by atoms with Crippen molar-refractivity contribution in [3.8, 4) is 11.5 Å². The lowest BCUT2D eigenvalue weighted by Crippen LogP contribution is -2.44. The predicted octanol–water partition coefficient (Wildman–Crippen LogP) is 5.48. The summed E-state index contributed by atoms with van der Waals surface area (Å²) in [5, 5.41) is 1.69. The van der Waals surface area contributed by atoms with E-state index in [4.69, 9.17) is 5.84 Å². The summed E-state index contributed by atoms with van der Waals surface area (Å²) in [5.74, 6) is 5.44. The third-order valence-corrected chi connectivity index (χ3v) is 4.90. The van der Waals surface area contributed by atoms with Crippen LogP contribution in [0.2, 0.25) is 0 Å². The Balaban J connectivity index is 0.00000320. The van der Waals surface area contributed by atoms with Crippen molar-refractivity contribution in [2.24, 2.45) is 11.8 Å². The van der Waals surface area contributed by atoms with Crippen LogP contribution in [0.4, 0.5) is 22.0 Å². The highest BCUT2D eigenvalue weighted by Crippen LogP contribution is 2.39. The van der Waals surface area contributed by atoms with E-state index >= 15 is 0 Å². The summed E-state index contributed by atoms with van der Waals surface area (Å²) in [6, 6.07) is 12.4. The summed E-state index contributed by atoms with van der Waals surface area (Å²) in [4.78, 5) is 0. The maximum atomic E-state index is 12.8. The third kappa shape index (κ3) is 6.45. The van der Waals surface area contributed by atoms with Crippen LogP contribution >= 0.6 is 12.4 Å². The molecular formula is C20H22ClF5N2O2. The van der Waals surface area contributed by atoms with E-state index in [2.05, 4.69) is 9.47 Å². The molecule has 3 rings (SSSR count). The van der Waals surface area contributed by atoms with Crippen LogP contribution < -0.4 is 15.3 Å². The quantitative estimate of drug-likeness (QED) is 0.466. The van der Waals surface area contributed by atoms with Crippen LogP contribution in [0.15, 0.2) is 48.5 Å². The number of rotatable bonds is 6. The fourth-order valence-electron chi connectivity index (χ4n) is 3.84. The Kier molecular flexibility index (Phi) is 8.28. The number of halogens is 6. The Morgan fingerprint density at radius 3 is 2.43 bits per heavy atom. The van der Waals surface area contributed by atoms with Gasteiger partial charge in [0.15, 0.2) is 0 Å². The van der Waals surface area contributed by atoms with Crippen LogP contribution in [0.3, 0.4) is 0 Å². The van der Waals surface area contributed by atoms with Gasteiger partial charge in [0.25, 0.3) is 0 Å². The summed E-state index contributed by atoms with van der Waals surface area (Å²) >= 11 is 0. The summed E-state index contributed by atoms with van der Waals surface area (Å²) in [6.07, 6.45) is -3.14. The zero-order chi connectivity index (χ0) is 21.0. The van der Waals surface area contributed by atoms with Gasteiger partial charge in [0.05, 0.1) is 6.04 Å². The van der Waals surface area contributed by atoms with E-state index in [1.165, 1.54) is 0 Å². The lowest BCUT2D eigenvalue weighted by Gasteiger charge is -2.39. The number of benzene rings is 2.